The van der Waals surface area contributed by atoms with E-state index in [0.717, 1.165) is 69.0 Å². The Bertz CT molecular complexity index is 697. The number of thiophene rings is 1. The summed E-state index contributed by atoms with van der Waals surface area (Å²) in [5.41, 5.74) is 6.73. The Morgan fingerprint density at radius 2 is 1.92 bits per heavy atom. The lowest BCUT2D eigenvalue weighted by atomic mass is 10.1. The number of amides is 3. The number of hydrogen-bond donors (Lipinski definition) is 3. The third-order valence-electron chi connectivity index (χ3n) is 4.64. The van der Waals surface area contributed by atoms with Crippen LogP contribution in [0.25, 0.3) is 0 Å². The molecule has 1 fully saturated rings. The second-order valence-corrected chi connectivity index (χ2v) is 7.55. The van der Waals surface area contributed by atoms with E-state index in [1.54, 1.807) is 0 Å². The van der Waals surface area contributed by atoms with Crippen LogP contribution in [-0.2, 0) is 27.2 Å². The average Bonchev–Trinajstić information content (AvgIpc) is 3.19. The van der Waals surface area contributed by atoms with E-state index in [1.807, 2.05) is 0 Å². The molecule has 1 aromatic rings. The first-order valence-corrected chi connectivity index (χ1v) is 9.71. The van der Waals surface area contributed by atoms with Crippen LogP contribution in [0.5, 0.6) is 0 Å². The van der Waals surface area contributed by atoms with Crippen LogP contribution < -0.4 is 16.4 Å². The number of anilines is 1. The van der Waals surface area contributed by atoms with Crippen molar-refractivity contribution in [3.05, 3.63) is 16.0 Å². The number of nitrogens with two attached hydrogens (primary N) is 1. The molecule has 1 saturated heterocycles. The number of nitrogens with zero attached hydrogens (tertiary/aromatic N) is 1. The lowest BCUT2D eigenvalue weighted by Crippen LogP contribution is -2.39. The van der Waals surface area contributed by atoms with Crippen molar-refractivity contribution in [2.45, 2.75) is 25.7 Å². The predicted octanol–water partition coefficient (Wildman–Crippen LogP) is 0.113. The number of hydrogen-bond acceptors (Lipinski definition) is 6. The second-order valence-electron chi connectivity index (χ2n) is 6.44. The fourth-order valence-corrected chi connectivity index (χ4v) is 4.61. The SMILES string of the molecule is NC(=O)c1c(NC(=O)C(=O)NCCCN2CCOCC2)sc2c1CCC2. The van der Waals surface area contributed by atoms with E-state index in [2.05, 4.69) is 15.5 Å². The van der Waals surface area contributed by atoms with E-state index in [0.29, 0.717) is 17.1 Å². The van der Waals surface area contributed by atoms with Crippen LogP contribution >= 0.6 is 11.3 Å². The molecule has 0 bridgehead atoms. The van der Waals surface area contributed by atoms with Gasteiger partial charge in [-0.1, -0.05) is 0 Å². The molecule has 3 rings (SSSR count). The number of rotatable bonds is 6. The Morgan fingerprint density at radius 3 is 2.65 bits per heavy atom. The van der Waals surface area contributed by atoms with Crippen molar-refractivity contribution in [2.75, 3.05) is 44.7 Å². The van der Waals surface area contributed by atoms with Crippen LogP contribution in [0, 0.1) is 0 Å². The lowest BCUT2D eigenvalue weighted by Gasteiger charge is -2.26. The second kappa shape index (κ2) is 8.61. The smallest absolute Gasteiger partial charge is 0.314 e. The molecular weight excluding hydrogens is 356 g/mol. The van der Waals surface area contributed by atoms with Crippen LogP contribution in [0.15, 0.2) is 0 Å². The van der Waals surface area contributed by atoms with Crippen LogP contribution in [0.3, 0.4) is 0 Å². The highest BCUT2D eigenvalue weighted by atomic mass is 32.1. The van der Waals surface area contributed by atoms with Gasteiger partial charge < -0.3 is 21.1 Å². The zero-order valence-electron chi connectivity index (χ0n) is 14.6. The first-order valence-electron chi connectivity index (χ1n) is 8.90. The van der Waals surface area contributed by atoms with E-state index in [9.17, 15) is 14.4 Å². The zero-order chi connectivity index (χ0) is 18.5. The minimum absolute atomic E-state index is 0.357. The molecule has 0 spiro atoms. The van der Waals surface area contributed by atoms with Gasteiger partial charge in [0, 0.05) is 24.5 Å². The quantitative estimate of drug-likeness (QED) is 0.479. The summed E-state index contributed by atoms with van der Waals surface area (Å²) in [6, 6.07) is 0. The summed E-state index contributed by atoms with van der Waals surface area (Å²) >= 11 is 1.34. The number of aryl methyl sites for hydroxylation is 1. The van der Waals surface area contributed by atoms with Crippen molar-refractivity contribution in [3.8, 4) is 0 Å². The summed E-state index contributed by atoms with van der Waals surface area (Å²) in [4.78, 5) is 39.2. The number of ether oxygens (including phenoxy) is 1. The Labute approximate surface area is 156 Å². The summed E-state index contributed by atoms with van der Waals surface area (Å²) in [6.07, 6.45) is 3.41. The number of fused-ring (bicyclic) bond motifs is 1. The van der Waals surface area contributed by atoms with Gasteiger partial charge in [0.15, 0.2) is 0 Å². The van der Waals surface area contributed by atoms with Crippen molar-refractivity contribution in [1.82, 2.24) is 10.2 Å². The minimum Gasteiger partial charge on any atom is -0.379 e. The minimum atomic E-state index is -0.765. The summed E-state index contributed by atoms with van der Waals surface area (Å²) in [5, 5.41) is 5.56. The van der Waals surface area contributed by atoms with Crippen LogP contribution in [0.2, 0.25) is 0 Å². The van der Waals surface area contributed by atoms with E-state index in [4.69, 9.17) is 10.5 Å². The van der Waals surface area contributed by atoms with E-state index in [1.165, 1.54) is 11.3 Å². The molecule has 8 nitrogen and oxygen atoms in total. The number of nitrogens with one attached hydrogen (secondary N) is 2. The highest BCUT2D eigenvalue weighted by molar-refractivity contribution is 7.17. The van der Waals surface area contributed by atoms with Crippen molar-refractivity contribution < 1.29 is 19.1 Å². The van der Waals surface area contributed by atoms with Crippen molar-refractivity contribution in [3.63, 3.8) is 0 Å². The highest BCUT2D eigenvalue weighted by Gasteiger charge is 2.27. The molecule has 3 amide bonds. The van der Waals surface area contributed by atoms with E-state index < -0.39 is 17.7 Å². The summed E-state index contributed by atoms with van der Waals surface area (Å²) in [7, 11) is 0. The number of carbonyl (C=O) groups is 3. The summed E-state index contributed by atoms with van der Waals surface area (Å²) < 4.78 is 5.28. The Hall–Kier alpha value is -1.97. The highest BCUT2D eigenvalue weighted by Crippen LogP contribution is 2.38. The first kappa shape index (κ1) is 18.8. The molecule has 26 heavy (non-hydrogen) atoms. The molecule has 1 aliphatic carbocycles. The Morgan fingerprint density at radius 1 is 1.15 bits per heavy atom. The fourth-order valence-electron chi connectivity index (χ4n) is 3.32. The van der Waals surface area contributed by atoms with Gasteiger partial charge in [-0.3, -0.25) is 19.3 Å². The van der Waals surface area contributed by atoms with Crippen molar-refractivity contribution in [1.29, 1.82) is 0 Å². The maximum absolute atomic E-state index is 12.1. The maximum Gasteiger partial charge on any atom is 0.314 e. The molecule has 4 N–H and O–H groups in total. The van der Waals surface area contributed by atoms with Crippen LogP contribution in [-0.4, -0.2) is 62.0 Å². The normalized spacial score (nSPS) is 16.9. The molecule has 0 aromatic carbocycles. The summed E-state index contributed by atoms with van der Waals surface area (Å²) in [5.74, 6) is -2.03. The van der Waals surface area contributed by atoms with Gasteiger partial charge >= 0.3 is 11.8 Å². The molecular formula is C17H24N4O4S. The van der Waals surface area contributed by atoms with Gasteiger partial charge in [0.1, 0.15) is 5.00 Å². The van der Waals surface area contributed by atoms with Gasteiger partial charge in [-0.15, -0.1) is 11.3 Å². The number of primary amides is 1. The number of carbonyl (C=O) groups excluding carboxylic acids is 3. The average molecular weight is 380 g/mol. The molecule has 1 aromatic heterocycles. The van der Waals surface area contributed by atoms with Gasteiger partial charge in [-0.25, -0.2) is 0 Å². The third-order valence-corrected chi connectivity index (χ3v) is 5.85. The largest absolute Gasteiger partial charge is 0.379 e. The van der Waals surface area contributed by atoms with Gasteiger partial charge in [0.25, 0.3) is 5.91 Å². The molecule has 1 aliphatic heterocycles. The van der Waals surface area contributed by atoms with E-state index >= 15 is 0 Å². The standard InChI is InChI=1S/C17H24N4O4S/c18-14(22)13-11-3-1-4-12(11)26-17(13)20-16(24)15(23)19-5-2-6-21-7-9-25-10-8-21/h1-10H2,(H2,18,22)(H,19,23)(H,20,24). The molecule has 142 valence electrons. The lowest BCUT2D eigenvalue weighted by molar-refractivity contribution is -0.136. The molecule has 9 heteroatoms. The van der Waals surface area contributed by atoms with Crippen molar-refractivity contribution in [2.24, 2.45) is 5.73 Å². The van der Waals surface area contributed by atoms with Crippen LogP contribution in [0.1, 0.15) is 33.6 Å². The number of morpholine rings is 1. The van der Waals surface area contributed by atoms with Gasteiger partial charge in [-0.05, 0) is 37.8 Å². The Balaban J connectivity index is 1.47. The predicted molar refractivity (Wildman–Crippen MR) is 98.4 cm³/mol. The Kier molecular flexibility index (Phi) is 6.23. The van der Waals surface area contributed by atoms with E-state index in [-0.39, 0.29) is 0 Å². The summed E-state index contributed by atoms with van der Waals surface area (Å²) in [6.45, 7) is 4.55. The maximum atomic E-state index is 12.1. The van der Waals surface area contributed by atoms with Gasteiger partial charge in [0.05, 0.1) is 18.8 Å². The molecule has 0 atom stereocenters. The molecule has 0 unspecified atom stereocenters. The molecule has 2 heterocycles. The molecule has 2 aliphatic rings. The topological polar surface area (TPSA) is 114 Å². The van der Waals surface area contributed by atoms with Gasteiger partial charge in [-0.2, -0.15) is 0 Å². The first-order chi connectivity index (χ1) is 12.6. The van der Waals surface area contributed by atoms with Gasteiger partial charge in [0.2, 0.25) is 0 Å². The monoisotopic (exact) mass is 380 g/mol. The van der Waals surface area contributed by atoms with Crippen LogP contribution in [0.4, 0.5) is 5.00 Å². The fraction of sp³-hybridized carbons (Fsp3) is 0.588. The third kappa shape index (κ3) is 4.40. The van der Waals surface area contributed by atoms with Crippen molar-refractivity contribution >= 4 is 34.1 Å². The molecule has 0 radical (unpaired) electrons. The zero-order valence-corrected chi connectivity index (χ0v) is 15.5. The molecule has 0 saturated carbocycles.